The molecule has 0 radical (unpaired) electrons. The fourth-order valence-corrected chi connectivity index (χ4v) is 10.3. The number of thiophene rings is 1. The summed E-state index contributed by atoms with van der Waals surface area (Å²) in [4.78, 5) is 8.09. The molecule has 1 aromatic heterocycles. The molecule has 1 atom stereocenters. The molecule has 0 fully saturated rings. The number of allylic oxidation sites excluding steroid dienone is 3. The van der Waals surface area contributed by atoms with Crippen LogP contribution < -0.4 is 0 Å². The van der Waals surface area contributed by atoms with Gasteiger partial charge in [0, 0.05) is 32.3 Å². The van der Waals surface area contributed by atoms with E-state index in [0.29, 0.717) is 0 Å². The molecule has 6 aromatic rings. The highest BCUT2D eigenvalue weighted by Crippen LogP contribution is 2.41. The van der Waals surface area contributed by atoms with Crippen molar-refractivity contribution in [2.75, 3.05) is 0 Å². The summed E-state index contributed by atoms with van der Waals surface area (Å²) in [6.45, 7) is 8.25. The standard InChI is InChI=1S/C36H30S3.C2H6/c1-3-14-27(4-2)38(28-15-8-5-9-16-28)31-21-23-35-33(25-31)34-26-32(22-24-36(34)37-35)39(29-17-10-6-11-18-29)30-19-12-7-13-20-30;1-2/h3-26H,1-2H3;1-2H3/q+2;/b14-3-,27-4+;. The van der Waals surface area contributed by atoms with Crippen molar-refractivity contribution in [2.24, 2.45) is 0 Å². The van der Waals surface area contributed by atoms with E-state index in [-0.39, 0.29) is 21.8 Å². The molecule has 6 rings (SSSR count). The summed E-state index contributed by atoms with van der Waals surface area (Å²) in [6.07, 6.45) is 6.67. The van der Waals surface area contributed by atoms with E-state index < -0.39 is 0 Å². The van der Waals surface area contributed by atoms with E-state index in [1.807, 2.05) is 25.2 Å². The summed E-state index contributed by atoms with van der Waals surface area (Å²) in [6, 6.07) is 47.0. The van der Waals surface area contributed by atoms with Crippen LogP contribution in [-0.2, 0) is 21.8 Å². The third-order valence-corrected chi connectivity index (χ3v) is 12.3. The van der Waals surface area contributed by atoms with Crippen LogP contribution >= 0.6 is 11.3 Å². The monoisotopic (exact) mass is 588 g/mol. The van der Waals surface area contributed by atoms with Gasteiger partial charge in [-0.3, -0.25) is 0 Å². The van der Waals surface area contributed by atoms with Crippen molar-refractivity contribution >= 4 is 53.3 Å². The van der Waals surface area contributed by atoms with E-state index in [1.165, 1.54) is 49.6 Å². The van der Waals surface area contributed by atoms with E-state index in [2.05, 4.69) is 159 Å². The molecule has 3 heteroatoms. The normalized spacial score (nSPS) is 12.6. The smallest absolute Gasteiger partial charge is 0.135 e. The van der Waals surface area contributed by atoms with Crippen LogP contribution in [0.15, 0.2) is 175 Å². The molecule has 0 nitrogen and oxygen atoms in total. The lowest BCUT2D eigenvalue weighted by Crippen LogP contribution is -2.05. The molecular formula is C38H36S3+2. The summed E-state index contributed by atoms with van der Waals surface area (Å²) >= 11 is 1.89. The first-order valence-corrected chi connectivity index (χ1v) is 17.4. The maximum Gasteiger partial charge on any atom is 0.167 e. The highest BCUT2D eigenvalue weighted by atomic mass is 32.2. The number of hydrogen-bond acceptors (Lipinski definition) is 1. The Kier molecular flexibility index (Phi) is 9.84. The largest absolute Gasteiger partial charge is 0.167 e. The lowest BCUT2D eigenvalue weighted by molar-refractivity contribution is 1.33. The molecule has 0 aliphatic carbocycles. The highest BCUT2D eigenvalue weighted by Gasteiger charge is 2.31. The Morgan fingerprint density at radius 2 is 1.00 bits per heavy atom. The van der Waals surface area contributed by atoms with Gasteiger partial charge in [-0.25, -0.2) is 0 Å². The number of benzene rings is 5. The van der Waals surface area contributed by atoms with Gasteiger partial charge in [-0.15, -0.1) is 11.3 Å². The van der Waals surface area contributed by atoms with E-state index in [1.54, 1.807) is 0 Å². The molecule has 0 saturated heterocycles. The second kappa shape index (κ2) is 13.9. The van der Waals surface area contributed by atoms with Crippen LogP contribution in [0.4, 0.5) is 0 Å². The Hall–Kier alpha value is -3.50. The lowest BCUT2D eigenvalue weighted by Gasteiger charge is -2.09. The minimum absolute atomic E-state index is 0.165. The average Bonchev–Trinajstić information content (AvgIpc) is 3.41. The predicted molar refractivity (Wildman–Crippen MR) is 185 cm³/mol. The van der Waals surface area contributed by atoms with Crippen molar-refractivity contribution in [1.82, 2.24) is 0 Å². The zero-order chi connectivity index (χ0) is 28.6. The predicted octanol–water partition coefficient (Wildman–Crippen LogP) is 11.7. The number of rotatable bonds is 7. The van der Waals surface area contributed by atoms with Crippen LogP contribution in [0.1, 0.15) is 27.7 Å². The van der Waals surface area contributed by atoms with Crippen LogP contribution in [0.3, 0.4) is 0 Å². The van der Waals surface area contributed by atoms with Crippen LogP contribution in [0.5, 0.6) is 0 Å². The van der Waals surface area contributed by atoms with Gasteiger partial charge in [-0.05, 0) is 86.7 Å². The van der Waals surface area contributed by atoms with Gasteiger partial charge < -0.3 is 0 Å². The molecule has 0 bridgehead atoms. The van der Waals surface area contributed by atoms with Gasteiger partial charge in [0.25, 0.3) is 0 Å². The first kappa shape index (κ1) is 29.0. The summed E-state index contributed by atoms with van der Waals surface area (Å²) in [5.74, 6) is 0. The highest BCUT2D eigenvalue weighted by molar-refractivity contribution is 8.00. The molecule has 0 aliphatic rings. The first-order valence-electron chi connectivity index (χ1n) is 14.2. The van der Waals surface area contributed by atoms with Gasteiger partial charge in [-0.2, -0.15) is 0 Å². The van der Waals surface area contributed by atoms with Crippen LogP contribution in [-0.4, -0.2) is 0 Å². The van der Waals surface area contributed by atoms with E-state index >= 15 is 0 Å². The first-order chi connectivity index (χ1) is 20.3. The zero-order valence-corrected chi connectivity index (χ0v) is 26.5. The fourth-order valence-electron chi connectivity index (χ4n) is 4.92. The molecular weight excluding hydrogens is 553 g/mol. The quantitative estimate of drug-likeness (QED) is 0.128. The summed E-state index contributed by atoms with van der Waals surface area (Å²) in [5, 5.41) is 2.70. The topological polar surface area (TPSA) is 0 Å². The lowest BCUT2D eigenvalue weighted by atomic mass is 10.1. The van der Waals surface area contributed by atoms with Crippen LogP contribution in [0.2, 0.25) is 0 Å². The Labute approximate surface area is 254 Å². The molecule has 0 N–H and O–H groups in total. The Balaban J connectivity index is 0.00000165. The minimum Gasteiger partial charge on any atom is -0.135 e. The Bertz CT molecular complexity index is 1730. The maximum absolute atomic E-state index is 2.45. The molecule has 0 amide bonds. The van der Waals surface area contributed by atoms with Gasteiger partial charge in [-0.1, -0.05) is 74.5 Å². The average molecular weight is 589 g/mol. The van der Waals surface area contributed by atoms with E-state index in [4.69, 9.17) is 0 Å². The Morgan fingerprint density at radius 1 is 0.537 bits per heavy atom. The Morgan fingerprint density at radius 3 is 1.49 bits per heavy atom. The van der Waals surface area contributed by atoms with Crippen molar-refractivity contribution in [3.05, 3.63) is 151 Å². The van der Waals surface area contributed by atoms with Crippen LogP contribution in [0, 0.1) is 0 Å². The van der Waals surface area contributed by atoms with E-state index in [9.17, 15) is 0 Å². The van der Waals surface area contributed by atoms with Crippen molar-refractivity contribution in [3.8, 4) is 0 Å². The number of hydrogen-bond donors (Lipinski definition) is 0. The molecule has 1 heterocycles. The van der Waals surface area contributed by atoms with Gasteiger partial charge in [0.15, 0.2) is 29.4 Å². The van der Waals surface area contributed by atoms with Gasteiger partial charge >= 0.3 is 0 Å². The van der Waals surface area contributed by atoms with Crippen LogP contribution in [0.25, 0.3) is 20.2 Å². The molecule has 41 heavy (non-hydrogen) atoms. The summed E-state index contributed by atoms with van der Waals surface area (Å²) in [5.41, 5.74) is 0. The molecule has 0 aliphatic heterocycles. The summed E-state index contributed by atoms with van der Waals surface area (Å²) < 4.78 is 2.68. The van der Waals surface area contributed by atoms with Gasteiger partial charge in [0.2, 0.25) is 0 Å². The second-order valence-electron chi connectivity index (χ2n) is 9.16. The van der Waals surface area contributed by atoms with Crippen molar-refractivity contribution in [3.63, 3.8) is 0 Å². The van der Waals surface area contributed by atoms with Gasteiger partial charge in [0.1, 0.15) is 0 Å². The molecule has 0 spiro atoms. The van der Waals surface area contributed by atoms with E-state index in [0.717, 1.165) is 0 Å². The second-order valence-corrected chi connectivity index (χ2v) is 14.3. The van der Waals surface area contributed by atoms with Crippen molar-refractivity contribution in [2.45, 2.75) is 52.2 Å². The van der Waals surface area contributed by atoms with Gasteiger partial charge in [0.05, 0.1) is 21.8 Å². The van der Waals surface area contributed by atoms with Crippen molar-refractivity contribution < 1.29 is 0 Å². The fraction of sp³-hybridized carbons (Fsp3) is 0.105. The number of fused-ring (bicyclic) bond motifs is 3. The third-order valence-electron chi connectivity index (χ3n) is 6.67. The molecule has 204 valence electrons. The molecule has 5 aromatic carbocycles. The van der Waals surface area contributed by atoms with Crippen molar-refractivity contribution in [1.29, 1.82) is 0 Å². The maximum atomic E-state index is 2.45. The third kappa shape index (κ3) is 6.23. The summed E-state index contributed by atoms with van der Waals surface area (Å²) in [7, 11) is -0.330. The SMILES string of the molecule is C/C=C\C(=C/C)[S+](c1ccccc1)c1ccc2sc3ccc([S+](c4ccccc4)c4ccccc4)cc3c2c1.CC. The zero-order valence-electron chi connectivity index (χ0n) is 24.1. The minimum atomic E-state index is -0.165. The molecule has 0 saturated carbocycles. The molecule has 1 unspecified atom stereocenters.